The summed E-state index contributed by atoms with van der Waals surface area (Å²) < 4.78 is 13.0. The zero-order valence-electron chi connectivity index (χ0n) is 9.46. The molecule has 1 N–H and O–H groups in total. The molecular formula is C13H15BrFNO. The fourth-order valence-electron chi connectivity index (χ4n) is 2.13. The van der Waals surface area contributed by atoms with E-state index in [1.807, 2.05) is 0 Å². The summed E-state index contributed by atoms with van der Waals surface area (Å²) in [5, 5.41) is 2.96. The molecule has 0 bridgehead atoms. The maximum Gasteiger partial charge on any atom is 0.251 e. The quantitative estimate of drug-likeness (QED) is 0.835. The van der Waals surface area contributed by atoms with Crippen LogP contribution in [0, 0.1) is 5.82 Å². The Hall–Kier alpha value is -0.900. The van der Waals surface area contributed by atoms with Gasteiger partial charge in [0.1, 0.15) is 5.82 Å². The van der Waals surface area contributed by atoms with Gasteiger partial charge in [0.15, 0.2) is 0 Å². The number of halogens is 2. The molecule has 17 heavy (non-hydrogen) atoms. The van der Waals surface area contributed by atoms with Crippen molar-refractivity contribution >= 4 is 21.8 Å². The zero-order chi connectivity index (χ0) is 12.3. The van der Waals surface area contributed by atoms with E-state index < -0.39 is 0 Å². The minimum Gasteiger partial charge on any atom is -0.348 e. The lowest BCUT2D eigenvalue weighted by molar-refractivity contribution is 0.0929. The average Bonchev–Trinajstić information content (AvgIpc) is 2.32. The Morgan fingerprint density at radius 2 is 2.12 bits per heavy atom. The highest BCUT2D eigenvalue weighted by Gasteiger charge is 2.24. The Balaban J connectivity index is 2.01. The highest BCUT2D eigenvalue weighted by molar-refractivity contribution is 9.09. The summed E-state index contributed by atoms with van der Waals surface area (Å²) in [6.07, 6.45) is 4.39. The molecule has 2 nitrogen and oxygen atoms in total. The van der Waals surface area contributed by atoms with Crippen LogP contribution in [0.4, 0.5) is 4.39 Å². The van der Waals surface area contributed by atoms with E-state index in [1.165, 1.54) is 18.6 Å². The third-order valence-corrected chi connectivity index (χ3v) is 4.18. The minimum atomic E-state index is -0.378. The molecule has 1 aliphatic carbocycles. The highest BCUT2D eigenvalue weighted by atomic mass is 79.9. The first kappa shape index (κ1) is 12.6. The molecule has 0 radical (unpaired) electrons. The van der Waals surface area contributed by atoms with Gasteiger partial charge in [-0.15, -0.1) is 0 Å². The van der Waals surface area contributed by atoms with Crippen LogP contribution in [0.2, 0.25) is 0 Å². The molecule has 0 aromatic heterocycles. The Morgan fingerprint density at radius 1 is 1.35 bits per heavy atom. The number of rotatable bonds is 2. The van der Waals surface area contributed by atoms with Crippen molar-refractivity contribution in [1.29, 1.82) is 0 Å². The van der Waals surface area contributed by atoms with Crippen LogP contribution in [-0.4, -0.2) is 16.8 Å². The number of hydrogen-bond acceptors (Lipinski definition) is 1. The maximum atomic E-state index is 13.0. The van der Waals surface area contributed by atoms with Gasteiger partial charge in [-0.25, -0.2) is 4.39 Å². The molecule has 0 aliphatic heterocycles. The molecule has 1 aromatic rings. The van der Waals surface area contributed by atoms with Crippen LogP contribution in [0.25, 0.3) is 0 Å². The van der Waals surface area contributed by atoms with E-state index in [0.29, 0.717) is 10.4 Å². The van der Waals surface area contributed by atoms with Gasteiger partial charge in [0.05, 0.1) is 0 Å². The van der Waals surface area contributed by atoms with Crippen molar-refractivity contribution in [2.45, 2.75) is 36.6 Å². The summed E-state index contributed by atoms with van der Waals surface area (Å²) in [6, 6.07) is 5.94. The normalized spacial score (nSPS) is 24.4. The number of carbonyl (C=O) groups is 1. The fraction of sp³-hybridized carbons (Fsp3) is 0.462. The van der Waals surface area contributed by atoms with Crippen LogP contribution >= 0.6 is 15.9 Å². The molecule has 1 saturated carbocycles. The van der Waals surface area contributed by atoms with Gasteiger partial charge in [-0.3, -0.25) is 4.79 Å². The van der Waals surface area contributed by atoms with Gasteiger partial charge < -0.3 is 5.32 Å². The SMILES string of the molecule is O=C(NC1CCCCC1Br)c1cccc(F)c1. The first-order chi connectivity index (χ1) is 8.16. The summed E-state index contributed by atoms with van der Waals surface area (Å²) in [5.74, 6) is -0.572. The fourth-order valence-corrected chi connectivity index (χ4v) is 2.85. The summed E-state index contributed by atoms with van der Waals surface area (Å²) in [5.41, 5.74) is 0.385. The summed E-state index contributed by atoms with van der Waals surface area (Å²) in [4.78, 5) is 12.2. The third kappa shape index (κ3) is 3.28. The van der Waals surface area contributed by atoms with Crippen molar-refractivity contribution in [2.24, 2.45) is 0 Å². The van der Waals surface area contributed by atoms with E-state index >= 15 is 0 Å². The zero-order valence-corrected chi connectivity index (χ0v) is 11.0. The molecule has 1 aromatic carbocycles. The van der Waals surface area contributed by atoms with Crippen LogP contribution < -0.4 is 5.32 Å². The van der Waals surface area contributed by atoms with Crippen LogP contribution in [0.1, 0.15) is 36.0 Å². The Morgan fingerprint density at radius 3 is 2.82 bits per heavy atom. The van der Waals surface area contributed by atoms with E-state index in [0.717, 1.165) is 19.3 Å². The number of hydrogen-bond donors (Lipinski definition) is 1. The van der Waals surface area contributed by atoms with E-state index in [1.54, 1.807) is 12.1 Å². The van der Waals surface area contributed by atoms with E-state index in [9.17, 15) is 9.18 Å². The number of benzene rings is 1. The number of alkyl halides is 1. The van der Waals surface area contributed by atoms with Crippen molar-refractivity contribution in [2.75, 3.05) is 0 Å². The predicted octanol–water partition coefficient (Wildman–Crippen LogP) is 3.26. The predicted molar refractivity (Wildman–Crippen MR) is 68.8 cm³/mol. The topological polar surface area (TPSA) is 29.1 Å². The lowest BCUT2D eigenvalue weighted by atomic mass is 9.95. The van der Waals surface area contributed by atoms with Gasteiger partial charge in [0.2, 0.25) is 0 Å². The molecule has 0 spiro atoms. The van der Waals surface area contributed by atoms with Gasteiger partial charge >= 0.3 is 0 Å². The van der Waals surface area contributed by atoms with E-state index in [4.69, 9.17) is 0 Å². The van der Waals surface area contributed by atoms with E-state index in [2.05, 4.69) is 21.2 Å². The lowest BCUT2D eigenvalue weighted by Crippen LogP contribution is -2.42. The average molecular weight is 300 g/mol. The molecule has 0 heterocycles. The van der Waals surface area contributed by atoms with Gasteiger partial charge in [-0.05, 0) is 31.0 Å². The molecular weight excluding hydrogens is 285 g/mol. The molecule has 2 rings (SSSR count). The monoisotopic (exact) mass is 299 g/mol. The van der Waals surface area contributed by atoms with Gasteiger partial charge in [-0.1, -0.05) is 34.8 Å². The number of nitrogens with one attached hydrogen (secondary N) is 1. The van der Waals surface area contributed by atoms with Crippen molar-refractivity contribution in [3.8, 4) is 0 Å². The molecule has 92 valence electrons. The van der Waals surface area contributed by atoms with Gasteiger partial charge in [-0.2, -0.15) is 0 Å². The van der Waals surface area contributed by atoms with Crippen molar-refractivity contribution in [3.05, 3.63) is 35.6 Å². The molecule has 2 atom stereocenters. The Bertz CT molecular complexity index is 410. The van der Waals surface area contributed by atoms with Gasteiger partial charge in [0.25, 0.3) is 5.91 Å². The first-order valence-electron chi connectivity index (χ1n) is 5.87. The lowest BCUT2D eigenvalue weighted by Gasteiger charge is -2.28. The van der Waals surface area contributed by atoms with E-state index in [-0.39, 0.29) is 17.8 Å². The molecule has 0 saturated heterocycles. The van der Waals surface area contributed by atoms with Crippen molar-refractivity contribution in [3.63, 3.8) is 0 Å². The summed E-state index contributed by atoms with van der Waals surface area (Å²) >= 11 is 3.58. The molecule has 4 heteroatoms. The van der Waals surface area contributed by atoms with Crippen molar-refractivity contribution in [1.82, 2.24) is 5.32 Å². The second kappa shape index (κ2) is 5.63. The van der Waals surface area contributed by atoms with Crippen LogP contribution in [0.15, 0.2) is 24.3 Å². The first-order valence-corrected chi connectivity index (χ1v) is 6.79. The molecule has 2 unspecified atom stereocenters. The van der Waals surface area contributed by atoms with Gasteiger partial charge in [0, 0.05) is 16.4 Å². The van der Waals surface area contributed by atoms with Crippen LogP contribution in [0.3, 0.4) is 0 Å². The minimum absolute atomic E-state index is 0.152. The largest absolute Gasteiger partial charge is 0.348 e. The second-order valence-electron chi connectivity index (χ2n) is 4.39. The molecule has 1 aliphatic rings. The molecule has 1 amide bonds. The maximum absolute atomic E-state index is 13.0. The highest BCUT2D eigenvalue weighted by Crippen LogP contribution is 2.24. The Kier molecular flexibility index (Phi) is 4.15. The Labute approximate surface area is 109 Å². The smallest absolute Gasteiger partial charge is 0.251 e. The molecule has 1 fully saturated rings. The van der Waals surface area contributed by atoms with Crippen LogP contribution in [-0.2, 0) is 0 Å². The summed E-state index contributed by atoms with van der Waals surface area (Å²) in [7, 11) is 0. The van der Waals surface area contributed by atoms with Crippen LogP contribution in [0.5, 0.6) is 0 Å². The second-order valence-corrected chi connectivity index (χ2v) is 5.57. The third-order valence-electron chi connectivity index (χ3n) is 3.08. The number of amides is 1. The summed E-state index contributed by atoms with van der Waals surface area (Å²) in [6.45, 7) is 0. The standard InChI is InChI=1S/C13H15BrFNO/c14-11-6-1-2-7-12(11)16-13(17)9-4-3-5-10(15)8-9/h3-5,8,11-12H,1-2,6-7H2,(H,16,17). The van der Waals surface area contributed by atoms with Crippen molar-refractivity contribution < 1.29 is 9.18 Å². The number of carbonyl (C=O) groups excluding carboxylic acids is 1.